The monoisotopic (exact) mass is 275 g/mol. The highest BCUT2D eigenvalue weighted by Crippen LogP contribution is 2.36. The Morgan fingerprint density at radius 1 is 1.47 bits per heavy atom. The Morgan fingerprint density at radius 2 is 2.16 bits per heavy atom. The third-order valence-electron chi connectivity index (χ3n) is 3.03. The molecule has 2 rings (SSSR count). The van der Waals surface area contributed by atoms with Crippen molar-refractivity contribution in [3.05, 3.63) is 23.8 Å². The van der Waals surface area contributed by atoms with Gasteiger partial charge in [0.15, 0.2) is 6.10 Å². The van der Waals surface area contributed by atoms with E-state index >= 15 is 0 Å². The zero-order chi connectivity index (χ0) is 14.2. The van der Waals surface area contributed by atoms with Crippen LogP contribution >= 0.6 is 0 Å². The normalized spacial score (nSPS) is 18.4. The van der Waals surface area contributed by atoms with Crippen LogP contribution in [0.15, 0.2) is 18.2 Å². The smallest absolute Gasteiger partial charge is 0.425 e. The van der Waals surface area contributed by atoms with E-state index in [1.54, 1.807) is 0 Å². The van der Waals surface area contributed by atoms with Crippen LogP contribution in [0.3, 0.4) is 0 Å². The van der Waals surface area contributed by atoms with Crippen molar-refractivity contribution in [1.29, 1.82) is 0 Å². The lowest BCUT2D eigenvalue weighted by atomic mass is 10.0. The van der Waals surface area contributed by atoms with Gasteiger partial charge >= 0.3 is 12.3 Å². The molecule has 1 heterocycles. The van der Waals surface area contributed by atoms with Gasteiger partial charge in [-0.25, -0.2) is 4.79 Å². The highest BCUT2D eigenvalue weighted by atomic mass is 19.4. The number of benzene rings is 1. The van der Waals surface area contributed by atoms with E-state index in [0.717, 1.165) is 4.90 Å². The molecule has 0 radical (unpaired) electrons. The zero-order valence-electron chi connectivity index (χ0n) is 10.1. The van der Waals surface area contributed by atoms with Gasteiger partial charge in [0.2, 0.25) is 0 Å². The Labute approximate surface area is 107 Å². The van der Waals surface area contributed by atoms with E-state index in [1.165, 1.54) is 25.2 Å². The molecule has 0 aromatic heterocycles. The summed E-state index contributed by atoms with van der Waals surface area (Å²) >= 11 is 0. The molecule has 1 N–H and O–H groups in total. The van der Waals surface area contributed by atoms with Gasteiger partial charge in [-0.05, 0) is 36.6 Å². The van der Waals surface area contributed by atoms with Crippen molar-refractivity contribution >= 4 is 11.8 Å². The van der Waals surface area contributed by atoms with Gasteiger partial charge in [0.05, 0.1) is 0 Å². The van der Waals surface area contributed by atoms with E-state index in [4.69, 9.17) is 9.84 Å². The molecule has 0 fully saturated rings. The van der Waals surface area contributed by atoms with E-state index < -0.39 is 18.4 Å². The molecule has 1 aromatic carbocycles. The average Bonchev–Trinajstić information content (AvgIpc) is 2.35. The first-order chi connectivity index (χ1) is 8.79. The Morgan fingerprint density at radius 3 is 2.74 bits per heavy atom. The third kappa shape index (κ3) is 2.74. The number of nitrogens with zero attached hydrogens (tertiary/aromatic N) is 1. The average molecular weight is 275 g/mol. The second kappa shape index (κ2) is 4.64. The number of alkyl halides is 3. The van der Waals surface area contributed by atoms with Crippen LogP contribution in [0.2, 0.25) is 0 Å². The molecular formula is C12H12F3NO3. The number of ether oxygens (including phenoxy) is 1. The van der Waals surface area contributed by atoms with Gasteiger partial charge < -0.3 is 9.84 Å². The molecule has 1 aliphatic heterocycles. The number of carbonyl (C=O) groups is 1. The fourth-order valence-electron chi connectivity index (χ4n) is 1.92. The molecule has 104 valence electrons. The molecule has 1 atom stereocenters. The molecule has 19 heavy (non-hydrogen) atoms. The van der Waals surface area contributed by atoms with E-state index in [-0.39, 0.29) is 18.6 Å². The molecule has 0 saturated carbocycles. The number of amides is 1. The quantitative estimate of drug-likeness (QED) is 0.857. The SMILES string of the molecule is CN(C(=O)O)c1ccc2c(c1)CCC(C(F)(F)F)O2. The zero-order valence-corrected chi connectivity index (χ0v) is 10.1. The molecule has 7 heteroatoms. The number of halogens is 3. The van der Waals surface area contributed by atoms with Crippen LogP contribution in [-0.4, -0.2) is 30.5 Å². The maximum absolute atomic E-state index is 12.5. The fraction of sp³-hybridized carbons (Fsp3) is 0.417. The molecule has 1 aliphatic rings. The number of anilines is 1. The van der Waals surface area contributed by atoms with Crippen molar-refractivity contribution < 1.29 is 27.8 Å². The van der Waals surface area contributed by atoms with Crippen molar-refractivity contribution in [3.63, 3.8) is 0 Å². The summed E-state index contributed by atoms with van der Waals surface area (Å²) < 4.78 is 42.5. The molecule has 1 aromatic rings. The Hall–Kier alpha value is -1.92. The maximum Gasteiger partial charge on any atom is 0.425 e. The van der Waals surface area contributed by atoms with E-state index in [0.29, 0.717) is 11.3 Å². The minimum atomic E-state index is -4.38. The molecular weight excluding hydrogens is 263 g/mol. The number of aryl methyl sites for hydroxylation is 1. The van der Waals surface area contributed by atoms with E-state index in [1.807, 2.05) is 0 Å². The second-order valence-electron chi connectivity index (χ2n) is 4.32. The van der Waals surface area contributed by atoms with Crippen LogP contribution in [0, 0.1) is 0 Å². The molecule has 0 bridgehead atoms. The minimum Gasteiger partial charge on any atom is -0.481 e. The molecule has 1 amide bonds. The minimum absolute atomic E-state index is 0.156. The van der Waals surface area contributed by atoms with Crippen LogP contribution in [0.4, 0.5) is 23.7 Å². The Bertz CT molecular complexity index is 501. The first-order valence-corrected chi connectivity index (χ1v) is 5.62. The number of fused-ring (bicyclic) bond motifs is 1. The summed E-state index contributed by atoms with van der Waals surface area (Å²) in [6, 6.07) is 4.34. The van der Waals surface area contributed by atoms with Gasteiger partial charge in [-0.2, -0.15) is 13.2 Å². The summed E-state index contributed by atoms with van der Waals surface area (Å²) in [5.41, 5.74) is 0.992. The topological polar surface area (TPSA) is 49.8 Å². The van der Waals surface area contributed by atoms with Gasteiger partial charge in [-0.1, -0.05) is 0 Å². The van der Waals surface area contributed by atoms with Crippen LogP contribution in [0.25, 0.3) is 0 Å². The predicted octanol–water partition coefficient (Wildman–Crippen LogP) is 3.06. The van der Waals surface area contributed by atoms with Crippen molar-refractivity contribution in [2.75, 3.05) is 11.9 Å². The van der Waals surface area contributed by atoms with Gasteiger partial charge in [0.1, 0.15) is 5.75 Å². The van der Waals surface area contributed by atoms with Crippen molar-refractivity contribution in [3.8, 4) is 5.75 Å². The van der Waals surface area contributed by atoms with Crippen LogP contribution in [0.1, 0.15) is 12.0 Å². The summed E-state index contributed by atoms with van der Waals surface area (Å²) in [5, 5.41) is 8.83. The lowest BCUT2D eigenvalue weighted by Crippen LogP contribution is -2.37. The summed E-state index contributed by atoms with van der Waals surface area (Å²) in [6.07, 6.45) is -7.25. The highest BCUT2D eigenvalue weighted by Gasteiger charge is 2.43. The second-order valence-corrected chi connectivity index (χ2v) is 4.32. The first-order valence-electron chi connectivity index (χ1n) is 5.62. The van der Waals surface area contributed by atoms with E-state index in [2.05, 4.69) is 0 Å². The lowest BCUT2D eigenvalue weighted by Gasteiger charge is -2.28. The molecule has 0 spiro atoms. The number of hydrogen-bond acceptors (Lipinski definition) is 2. The Balaban J connectivity index is 2.23. The first kappa shape index (κ1) is 13.5. The summed E-state index contributed by atoms with van der Waals surface area (Å²) in [4.78, 5) is 11.8. The number of rotatable bonds is 1. The van der Waals surface area contributed by atoms with Gasteiger partial charge in [-0.15, -0.1) is 0 Å². The predicted molar refractivity (Wildman–Crippen MR) is 61.7 cm³/mol. The Kier molecular flexibility index (Phi) is 3.30. The maximum atomic E-state index is 12.5. The fourth-order valence-corrected chi connectivity index (χ4v) is 1.92. The van der Waals surface area contributed by atoms with Gasteiger partial charge in [-0.3, -0.25) is 4.90 Å². The highest BCUT2D eigenvalue weighted by molar-refractivity contribution is 5.85. The van der Waals surface area contributed by atoms with Crippen LogP contribution in [0.5, 0.6) is 5.75 Å². The number of hydrogen-bond donors (Lipinski definition) is 1. The number of carboxylic acid groups (broad SMARTS) is 1. The van der Waals surface area contributed by atoms with E-state index in [9.17, 15) is 18.0 Å². The van der Waals surface area contributed by atoms with Crippen molar-refractivity contribution in [2.24, 2.45) is 0 Å². The largest absolute Gasteiger partial charge is 0.481 e. The standard InChI is InChI=1S/C12H12F3NO3/c1-16(11(17)18)8-3-4-9-7(6-8)2-5-10(19-9)12(13,14)15/h3-4,6,10H,2,5H2,1H3,(H,17,18). The van der Waals surface area contributed by atoms with Gasteiger partial charge in [0.25, 0.3) is 0 Å². The molecule has 0 aliphatic carbocycles. The van der Waals surface area contributed by atoms with Crippen LogP contribution < -0.4 is 9.64 Å². The molecule has 4 nitrogen and oxygen atoms in total. The van der Waals surface area contributed by atoms with Crippen LogP contribution in [-0.2, 0) is 6.42 Å². The summed E-state index contributed by atoms with van der Waals surface area (Å²) in [7, 11) is 1.37. The van der Waals surface area contributed by atoms with Gasteiger partial charge in [0, 0.05) is 12.7 Å². The third-order valence-corrected chi connectivity index (χ3v) is 3.03. The van der Waals surface area contributed by atoms with Crippen molar-refractivity contribution in [1.82, 2.24) is 0 Å². The summed E-state index contributed by atoms with van der Waals surface area (Å²) in [5.74, 6) is 0.163. The lowest BCUT2D eigenvalue weighted by molar-refractivity contribution is -0.199. The summed E-state index contributed by atoms with van der Waals surface area (Å²) in [6.45, 7) is 0. The molecule has 1 unspecified atom stereocenters. The van der Waals surface area contributed by atoms with Crippen molar-refractivity contribution in [2.45, 2.75) is 25.1 Å². The molecule has 0 saturated heterocycles.